The van der Waals surface area contributed by atoms with Gasteiger partial charge < -0.3 is 19.7 Å². The molecule has 2 amide bonds. The Hall–Kier alpha value is -3.57. The lowest BCUT2D eigenvalue weighted by atomic mass is 10.1. The fourth-order valence-corrected chi connectivity index (χ4v) is 5.84. The number of carbonyl (C=O) groups excluding carboxylic acids is 2. The van der Waals surface area contributed by atoms with E-state index in [1.807, 2.05) is 31.2 Å². The van der Waals surface area contributed by atoms with E-state index >= 15 is 0 Å². The van der Waals surface area contributed by atoms with Crippen LogP contribution in [0.4, 0.5) is 5.69 Å². The van der Waals surface area contributed by atoms with Gasteiger partial charge in [0.1, 0.15) is 12.6 Å². The monoisotopic (exact) mass is 617 g/mol. The minimum atomic E-state index is -4.24. The molecule has 1 atom stereocenters. The van der Waals surface area contributed by atoms with E-state index in [-0.39, 0.29) is 23.1 Å². The van der Waals surface area contributed by atoms with Crippen molar-refractivity contribution in [1.82, 2.24) is 10.2 Å². The highest BCUT2D eigenvalue weighted by molar-refractivity contribution is 9.10. The van der Waals surface area contributed by atoms with E-state index in [0.717, 1.165) is 19.9 Å². The number of aryl methyl sites for hydroxylation is 1. The van der Waals surface area contributed by atoms with Crippen LogP contribution in [0, 0.1) is 6.92 Å². The predicted octanol–water partition coefficient (Wildman–Crippen LogP) is 4.13. The predicted molar refractivity (Wildman–Crippen MR) is 153 cm³/mol. The third kappa shape index (κ3) is 7.10. The van der Waals surface area contributed by atoms with Crippen molar-refractivity contribution in [2.75, 3.05) is 32.1 Å². The summed E-state index contributed by atoms with van der Waals surface area (Å²) in [6, 6.07) is 17.6. The molecule has 0 fully saturated rings. The molecule has 0 spiro atoms. The van der Waals surface area contributed by atoms with Crippen molar-refractivity contribution in [1.29, 1.82) is 0 Å². The van der Waals surface area contributed by atoms with E-state index < -0.39 is 28.5 Å². The Morgan fingerprint density at radius 2 is 1.64 bits per heavy atom. The second kappa shape index (κ2) is 13.0. The topological polar surface area (TPSA) is 105 Å². The van der Waals surface area contributed by atoms with Gasteiger partial charge in [-0.3, -0.25) is 13.9 Å². The number of hydrogen-bond acceptors (Lipinski definition) is 6. The molecule has 3 aromatic rings. The molecule has 0 heterocycles. The number of halogens is 1. The lowest BCUT2D eigenvalue weighted by Gasteiger charge is -2.32. The van der Waals surface area contributed by atoms with Crippen molar-refractivity contribution >= 4 is 43.5 Å². The molecule has 11 heteroatoms. The summed E-state index contributed by atoms with van der Waals surface area (Å²) in [6.07, 6.45) is 0. The Bertz CT molecular complexity index is 1430. The smallest absolute Gasteiger partial charge is 0.264 e. The molecule has 208 valence electrons. The average molecular weight is 619 g/mol. The molecule has 0 bridgehead atoms. The highest BCUT2D eigenvalue weighted by Gasteiger charge is 2.32. The summed E-state index contributed by atoms with van der Waals surface area (Å²) in [7, 11) is 0.112. The van der Waals surface area contributed by atoms with Gasteiger partial charge in [-0.1, -0.05) is 45.8 Å². The normalized spacial score (nSPS) is 11.8. The van der Waals surface area contributed by atoms with E-state index in [1.165, 1.54) is 44.4 Å². The number of likely N-dealkylation sites (N-methyl/N-ethyl adjacent to an activating group) is 1. The lowest BCUT2D eigenvalue weighted by Crippen LogP contribution is -2.50. The Kier molecular flexibility index (Phi) is 9.98. The molecular weight excluding hydrogens is 586 g/mol. The molecule has 0 unspecified atom stereocenters. The molecule has 0 aliphatic heterocycles. The van der Waals surface area contributed by atoms with Crippen molar-refractivity contribution in [2.45, 2.75) is 31.3 Å². The molecule has 0 aliphatic carbocycles. The number of nitrogens with zero attached hydrogens (tertiary/aromatic N) is 2. The Labute approximate surface area is 237 Å². The summed E-state index contributed by atoms with van der Waals surface area (Å²) in [5, 5.41) is 2.57. The number of ether oxygens (including phenoxy) is 2. The maximum Gasteiger partial charge on any atom is 0.264 e. The Balaban J connectivity index is 2.07. The number of hydrogen-bond donors (Lipinski definition) is 1. The fourth-order valence-electron chi connectivity index (χ4n) is 3.97. The third-order valence-corrected chi connectivity index (χ3v) is 8.46. The molecular formula is C28H32BrN3O6S. The number of amides is 2. The van der Waals surface area contributed by atoms with Crippen molar-refractivity contribution in [3.05, 3.63) is 82.3 Å². The SMILES string of the molecule is CNC(=O)[C@H](C)N(Cc1cccc(Br)c1)C(=O)CN(c1ccc(C)cc1)S(=O)(=O)c1ccc(OC)c(OC)c1. The zero-order valence-electron chi connectivity index (χ0n) is 22.5. The first kappa shape index (κ1) is 30.0. The second-order valence-electron chi connectivity index (χ2n) is 8.81. The maximum absolute atomic E-state index is 14.0. The molecule has 3 aromatic carbocycles. The van der Waals surface area contributed by atoms with E-state index in [0.29, 0.717) is 11.4 Å². The number of methoxy groups -OCH3 is 2. The van der Waals surface area contributed by atoms with Crippen LogP contribution in [0.1, 0.15) is 18.1 Å². The lowest BCUT2D eigenvalue weighted by molar-refractivity contribution is -0.139. The van der Waals surface area contributed by atoms with Gasteiger partial charge in [0, 0.05) is 24.1 Å². The molecule has 0 saturated heterocycles. The van der Waals surface area contributed by atoms with Crippen molar-refractivity contribution in [2.24, 2.45) is 0 Å². The van der Waals surface area contributed by atoms with Crippen LogP contribution in [0.5, 0.6) is 11.5 Å². The summed E-state index contributed by atoms with van der Waals surface area (Å²) in [5.41, 5.74) is 2.01. The van der Waals surface area contributed by atoms with Crippen LogP contribution >= 0.6 is 15.9 Å². The van der Waals surface area contributed by atoms with Gasteiger partial charge in [-0.2, -0.15) is 0 Å². The molecule has 0 radical (unpaired) electrons. The van der Waals surface area contributed by atoms with Gasteiger partial charge >= 0.3 is 0 Å². The van der Waals surface area contributed by atoms with Crippen molar-refractivity contribution < 1.29 is 27.5 Å². The van der Waals surface area contributed by atoms with Crippen LogP contribution < -0.4 is 19.1 Å². The Morgan fingerprint density at radius 3 is 2.23 bits per heavy atom. The van der Waals surface area contributed by atoms with Crippen LogP contribution in [-0.2, 0) is 26.2 Å². The van der Waals surface area contributed by atoms with Crippen LogP contribution in [0.3, 0.4) is 0 Å². The van der Waals surface area contributed by atoms with Gasteiger partial charge in [-0.25, -0.2) is 8.42 Å². The minimum absolute atomic E-state index is 0.0774. The largest absolute Gasteiger partial charge is 0.493 e. The van der Waals surface area contributed by atoms with Gasteiger partial charge in [-0.05, 0) is 55.8 Å². The van der Waals surface area contributed by atoms with Crippen LogP contribution in [0.15, 0.2) is 76.1 Å². The standard InChI is InChI=1S/C28H32BrN3O6S/c1-19-9-11-23(12-10-19)32(39(35,36)24-13-14-25(37-4)26(16-24)38-5)18-27(33)31(20(2)28(34)30-3)17-21-7-6-8-22(29)15-21/h6-16,20H,17-18H2,1-5H3,(H,30,34)/t20-/m0/s1. The van der Waals surface area contributed by atoms with Crippen molar-refractivity contribution in [3.8, 4) is 11.5 Å². The quantitative estimate of drug-likeness (QED) is 0.347. The number of sulfonamides is 1. The summed E-state index contributed by atoms with van der Waals surface area (Å²) in [4.78, 5) is 27.7. The van der Waals surface area contributed by atoms with E-state index in [4.69, 9.17) is 9.47 Å². The van der Waals surface area contributed by atoms with E-state index in [2.05, 4.69) is 21.2 Å². The van der Waals surface area contributed by atoms with Gasteiger partial charge in [0.05, 0.1) is 24.8 Å². The number of carbonyl (C=O) groups is 2. The first-order valence-electron chi connectivity index (χ1n) is 12.1. The highest BCUT2D eigenvalue weighted by Crippen LogP contribution is 2.32. The number of anilines is 1. The zero-order valence-corrected chi connectivity index (χ0v) is 24.9. The van der Waals surface area contributed by atoms with Gasteiger partial charge in [0.15, 0.2) is 11.5 Å². The van der Waals surface area contributed by atoms with Crippen LogP contribution in [0.25, 0.3) is 0 Å². The molecule has 39 heavy (non-hydrogen) atoms. The summed E-state index contributed by atoms with van der Waals surface area (Å²) < 4.78 is 40.4. The van der Waals surface area contributed by atoms with E-state index in [1.54, 1.807) is 31.2 Å². The number of rotatable bonds is 11. The molecule has 0 aromatic heterocycles. The average Bonchev–Trinajstić information content (AvgIpc) is 2.93. The van der Waals surface area contributed by atoms with Gasteiger partial charge in [0.25, 0.3) is 10.0 Å². The zero-order chi connectivity index (χ0) is 28.7. The van der Waals surface area contributed by atoms with Crippen LogP contribution in [-0.4, -0.2) is 59.0 Å². The molecule has 9 nitrogen and oxygen atoms in total. The maximum atomic E-state index is 14.0. The summed E-state index contributed by atoms with van der Waals surface area (Å²) in [6.45, 7) is 3.06. The molecule has 1 N–H and O–H groups in total. The van der Waals surface area contributed by atoms with E-state index in [9.17, 15) is 18.0 Å². The first-order chi connectivity index (χ1) is 18.5. The van der Waals surface area contributed by atoms with Gasteiger partial charge in [-0.15, -0.1) is 0 Å². The highest BCUT2D eigenvalue weighted by atomic mass is 79.9. The first-order valence-corrected chi connectivity index (χ1v) is 14.3. The number of benzene rings is 3. The fraction of sp³-hybridized carbons (Fsp3) is 0.286. The summed E-state index contributed by atoms with van der Waals surface area (Å²) in [5.74, 6) is -0.314. The second-order valence-corrected chi connectivity index (χ2v) is 11.6. The van der Waals surface area contributed by atoms with Crippen LogP contribution in [0.2, 0.25) is 0 Å². The molecule has 0 aliphatic rings. The third-order valence-electron chi connectivity index (χ3n) is 6.20. The molecule has 3 rings (SSSR count). The van der Waals surface area contributed by atoms with Gasteiger partial charge in [0.2, 0.25) is 11.8 Å². The summed E-state index contributed by atoms with van der Waals surface area (Å²) >= 11 is 3.43. The minimum Gasteiger partial charge on any atom is -0.493 e. The Morgan fingerprint density at radius 1 is 0.974 bits per heavy atom. The molecule has 0 saturated carbocycles. The number of nitrogens with one attached hydrogen (secondary N) is 1. The van der Waals surface area contributed by atoms with Crippen molar-refractivity contribution in [3.63, 3.8) is 0 Å².